The molecule has 0 amide bonds. The third-order valence-electron chi connectivity index (χ3n) is 1.56. The Morgan fingerprint density at radius 2 is 1.40 bits per heavy atom. The minimum absolute atomic E-state index is 0. The van der Waals surface area contributed by atoms with Crippen LogP contribution in [0.5, 0.6) is 0 Å². The Morgan fingerprint density at radius 3 is 1.90 bits per heavy atom. The van der Waals surface area contributed by atoms with Crippen LogP contribution in [0.2, 0.25) is 0 Å². The van der Waals surface area contributed by atoms with Crippen LogP contribution in [0.4, 0.5) is 0 Å². The van der Waals surface area contributed by atoms with Gasteiger partial charge in [0.05, 0.1) is 0 Å². The summed E-state index contributed by atoms with van der Waals surface area (Å²) in [6.07, 6.45) is 8.05. The van der Waals surface area contributed by atoms with Gasteiger partial charge in [-0.3, -0.25) is 0 Å². The Kier molecular flexibility index (Phi) is 15.9. The van der Waals surface area contributed by atoms with E-state index in [9.17, 15) is 0 Å². The average molecular weight is 210 g/mol. The van der Waals surface area contributed by atoms with E-state index in [2.05, 4.69) is 6.92 Å². The van der Waals surface area contributed by atoms with Gasteiger partial charge in [0.1, 0.15) is 0 Å². The van der Waals surface area contributed by atoms with Crippen molar-refractivity contribution in [2.45, 2.75) is 45.4 Å². The monoisotopic (exact) mass is 209 g/mol. The number of rotatable bonds is 6. The zero-order chi connectivity index (χ0) is 6.95. The van der Waals surface area contributed by atoms with Gasteiger partial charge in [0.15, 0.2) is 0 Å². The highest BCUT2D eigenvalue weighted by atomic mass is 79.9. The molecule has 2 heteroatoms. The maximum Gasteiger partial charge on any atom is -0.00773 e. The lowest BCUT2D eigenvalue weighted by atomic mass is 10.1. The molecular weight excluding hydrogens is 190 g/mol. The van der Waals surface area contributed by atoms with Gasteiger partial charge in [-0.05, 0) is 13.0 Å². The van der Waals surface area contributed by atoms with Crippen LogP contribution in [-0.4, -0.2) is 6.54 Å². The van der Waals surface area contributed by atoms with Crippen LogP contribution in [0.1, 0.15) is 45.4 Å². The van der Waals surface area contributed by atoms with Crippen LogP contribution < -0.4 is 5.73 Å². The normalized spacial score (nSPS) is 9.00. The van der Waals surface area contributed by atoms with Crippen molar-refractivity contribution in [1.82, 2.24) is 0 Å². The molecule has 10 heavy (non-hydrogen) atoms. The SMILES string of the molecule is Br.CCCCCCCCN. The van der Waals surface area contributed by atoms with Gasteiger partial charge in [0, 0.05) is 0 Å². The van der Waals surface area contributed by atoms with E-state index in [0.29, 0.717) is 0 Å². The molecule has 0 saturated heterocycles. The van der Waals surface area contributed by atoms with Crippen LogP contribution in [-0.2, 0) is 0 Å². The predicted octanol–water partition coefficient (Wildman–Crippen LogP) is 2.88. The highest BCUT2D eigenvalue weighted by Crippen LogP contribution is 2.03. The van der Waals surface area contributed by atoms with Crippen molar-refractivity contribution in [1.29, 1.82) is 0 Å². The molecule has 1 nitrogen and oxygen atoms in total. The topological polar surface area (TPSA) is 26.0 Å². The molecular formula is C8H20BrN. The van der Waals surface area contributed by atoms with Gasteiger partial charge >= 0.3 is 0 Å². The first-order valence-corrected chi connectivity index (χ1v) is 4.12. The molecule has 0 aliphatic carbocycles. The highest BCUT2D eigenvalue weighted by molar-refractivity contribution is 8.93. The molecule has 0 spiro atoms. The maximum absolute atomic E-state index is 5.34. The second-order valence-corrected chi connectivity index (χ2v) is 2.56. The van der Waals surface area contributed by atoms with Crippen molar-refractivity contribution in [2.24, 2.45) is 5.73 Å². The van der Waals surface area contributed by atoms with E-state index >= 15 is 0 Å². The summed E-state index contributed by atoms with van der Waals surface area (Å²) in [5.74, 6) is 0. The Morgan fingerprint density at radius 1 is 0.900 bits per heavy atom. The Labute approximate surface area is 75.1 Å². The molecule has 0 bridgehead atoms. The molecule has 0 aromatic heterocycles. The number of halogens is 1. The van der Waals surface area contributed by atoms with Crippen molar-refractivity contribution in [3.8, 4) is 0 Å². The smallest absolute Gasteiger partial charge is 0.00773 e. The quantitative estimate of drug-likeness (QED) is 0.670. The minimum atomic E-state index is 0. The summed E-state index contributed by atoms with van der Waals surface area (Å²) < 4.78 is 0. The van der Waals surface area contributed by atoms with Crippen molar-refractivity contribution in [3.05, 3.63) is 0 Å². The number of hydrogen-bond acceptors (Lipinski definition) is 1. The van der Waals surface area contributed by atoms with Gasteiger partial charge < -0.3 is 5.73 Å². The van der Waals surface area contributed by atoms with E-state index in [1.54, 1.807) is 0 Å². The molecule has 0 aromatic rings. The molecule has 0 atom stereocenters. The molecule has 0 fully saturated rings. The molecule has 64 valence electrons. The van der Waals surface area contributed by atoms with Crippen LogP contribution in [0.3, 0.4) is 0 Å². The molecule has 0 aliphatic heterocycles. The molecule has 0 unspecified atom stereocenters. The van der Waals surface area contributed by atoms with E-state index in [0.717, 1.165) is 6.54 Å². The Hall–Kier alpha value is 0.440. The van der Waals surface area contributed by atoms with E-state index < -0.39 is 0 Å². The van der Waals surface area contributed by atoms with E-state index in [1.807, 2.05) is 0 Å². The lowest BCUT2D eigenvalue weighted by molar-refractivity contribution is 0.612. The first-order chi connectivity index (χ1) is 4.41. The van der Waals surface area contributed by atoms with Crippen molar-refractivity contribution < 1.29 is 0 Å². The lowest BCUT2D eigenvalue weighted by Gasteiger charge is -1.96. The molecule has 0 aromatic carbocycles. The third-order valence-corrected chi connectivity index (χ3v) is 1.56. The first-order valence-electron chi connectivity index (χ1n) is 4.12. The molecule has 2 N–H and O–H groups in total. The summed E-state index contributed by atoms with van der Waals surface area (Å²) in [5, 5.41) is 0. The summed E-state index contributed by atoms with van der Waals surface area (Å²) in [6, 6.07) is 0. The average Bonchev–Trinajstić information content (AvgIpc) is 1.89. The van der Waals surface area contributed by atoms with Gasteiger partial charge in [-0.1, -0.05) is 39.0 Å². The number of unbranched alkanes of at least 4 members (excludes halogenated alkanes) is 5. The van der Waals surface area contributed by atoms with Crippen LogP contribution >= 0.6 is 17.0 Å². The van der Waals surface area contributed by atoms with E-state index in [4.69, 9.17) is 5.73 Å². The van der Waals surface area contributed by atoms with Crippen LogP contribution in [0.25, 0.3) is 0 Å². The summed E-state index contributed by atoms with van der Waals surface area (Å²) >= 11 is 0. The van der Waals surface area contributed by atoms with Crippen molar-refractivity contribution >= 4 is 17.0 Å². The largest absolute Gasteiger partial charge is 0.330 e. The fraction of sp³-hybridized carbons (Fsp3) is 1.00. The van der Waals surface area contributed by atoms with Gasteiger partial charge in [-0.15, -0.1) is 17.0 Å². The Bertz CT molecular complexity index is 42.5. The summed E-state index contributed by atoms with van der Waals surface area (Å²) in [4.78, 5) is 0. The van der Waals surface area contributed by atoms with Gasteiger partial charge in [-0.2, -0.15) is 0 Å². The van der Waals surface area contributed by atoms with Crippen molar-refractivity contribution in [2.75, 3.05) is 6.54 Å². The highest BCUT2D eigenvalue weighted by Gasteiger charge is 1.85. The third kappa shape index (κ3) is 11.3. The van der Waals surface area contributed by atoms with Crippen LogP contribution in [0, 0.1) is 0 Å². The fourth-order valence-corrected chi connectivity index (χ4v) is 0.925. The van der Waals surface area contributed by atoms with Crippen molar-refractivity contribution in [3.63, 3.8) is 0 Å². The van der Waals surface area contributed by atoms with Gasteiger partial charge in [-0.25, -0.2) is 0 Å². The van der Waals surface area contributed by atoms with Gasteiger partial charge in [0.25, 0.3) is 0 Å². The first kappa shape index (κ1) is 13.1. The second-order valence-electron chi connectivity index (χ2n) is 2.56. The molecule has 0 heterocycles. The summed E-state index contributed by atoms with van der Waals surface area (Å²) in [6.45, 7) is 3.11. The lowest BCUT2D eigenvalue weighted by Crippen LogP contribution is -1.97. The Balaban J connectivity index is 0. The number of hydrogen-bond donors (Lipinski definition) is 1. The zero-order valence-corrected chi connectivity index (χ0v) is 8.65. The number of nitrogens with two attached hydrogens (primary N) is 1. The standard InChI is InChI=1S/C8H19N.BrH/c1-2-3-4-5-6-7-8-9;/h2-9H2,1H3;1H. The molecule has 0 radical (unpaired) electrons. The molecule has 0 rings (SSSR count). The molecule has 0 saturated carbocycles. The van der Waals surface area contributed by atoms with Gasteiger partial charge in [0.2, 0.25) is 0 Å². The fourth-order valence-electron chi connectivity index (χ4n) is 0.925. The summed E-state index contributed by atoms with van der Waals surface area (Å²) in [5.41, 5.74) is 5.34. The maximum atomic E-state index is 5.34. The predicted molar refractivity (Wildman–Crippen MR) is 52.8 cm³/mol. The summed E-state index contributed by atoms with van der Waals surface area (Å²) in [7, 11) is 0. The zero-order valence-electron chi connectivity index (χ0n) is 6.94. The molecule has 0 aliphatic rings. The van der Waals surface area contributed by atoms with Crippen LogP contribution in [0.15, 0.2) is 0 Å². The minimum Gasteiger partial charge on any atom is -0.330 e. The second kappa shape index (κ2) is 12.1. The van der Waals surface area contributed by atoms with E-state index in [1.165, 1.54) is 38.5 Å². The van der Waals surface area contributed by atoms with E-state index in [-0.39, 0.29) is 17.0 Å².